The van der Waals surface area contributed by atoms with Crippen molar-refractivity contribution in [2.75, 3.05) is 31.1 Å². The van der Waals surface area contributed by atoms with Crippen LogP contribution >= 0.6 is 15.9 Å². The van der Waals surface area contributed by atoms with Crippen LogP contribution in [-0.2, 0) is 21.2 Å². The van der Waals surface area contributed by atoms with Crippen LogP contribution in [0.5, 0.6) is 0 Å². The molecule has 2 aliphatic heterocycles. The number of carbonyl (C=O) groups is 1. The summed E-state index contributed by atoms with van der Waals surface area (Å²) in [6, 6.07) is 4.03. The third kappa shape index (κ3) is 4.15. The molecule has 0 unspecified atom stereocenters. The summed E-state index contributed by atoms with van der Waals surface area (Å²) in [5.41, 5.74) is 1.78. The van der Waals surface area contributed by atoms with Crippen LogP contribution in [0.3, 0.4) is 0 Å². The maximum atomic E-state index is 12.9. The van der Waals surface area contributed by atoms with E-state index in [4.69, 9.17) is 0 Å². The zero-order chi connectivity index (χ0) is 19.9. The van der Waals surface area contributed by atoms with Gasteiger partial charge in [-0.25, -0.2) is 13.1 Å². The van der Waals surface area contributed by atoms with E-state index < -0.39 is 10.0 Å². The Morgan fingerprint density at radius 1 is 1.21 bits per heavy atom. The number of likely N-dealkylation sites (tertiary alicyclic amines) is 1. The van der Waals surface area contributed by atoms with Gasteiger partial charge in [0.05, 0.1) is 4.90 Å². The van der Waals surface area contributed by atoms with Crippen molar-refractivity contribution in [3.8, 4) is 0 Å². The highest BCUT2D eigenvalue weighted by molar-refractivity contribution is 9.10. The van der Waals surface area contributed by atoms with E-state index in [1.54, 1.807) is 11.0 Å². The summed E-state index contributed by atoms with van der Waals surface area (Å²) < 4.78 is 29.2. The van der Waals surface area contributed by atoms with Crippen molar-refractivity contribution < 1.29 is 13.2 Å². The fourth-order valence-corrected chi connectivity index (χ4v) is 6.39. The number of anilines is 1. The predicted molar refractivity (Wildman–Crippen MR) is 113 cm³/mol. The lowest BCUT2D eigenvalue weighted by Crippen LogP contribution is -2.42. The maximum Gasteiger partial charge on any atom is 0.241 e. The molecule has 3 aliphatic rings. The number of sulfonamides is 1. The molecule has 0 bridgehead atoms. The molecule has 1 saturated carbocycles. The Morgan fingerprint density at radius 3 is 2.71 bits per heavy atom. The molecule has 154 valence electrons. The molecular formula is C20H28BrN3O3S. The van der Waals surface area contributed by atoms with E-state index >= 15 is 0 Å². The minimum atomic E-state index is -3.65. The molecule has 28 heavy (non-hydrogen) atoms. The number of benzene rings is 1. The molecule has 1 amide bonds. The van der Waals surface area contributed by atoms with Gasteiger partial charge in [-0.1, -0.05) is 6.42 Å². The van der Waals surface area contributed by atoms with Crippen molar-refractivity contribution in [3.05, 3.63) is 22.2 Å². The largest absolute Gasteiger partial charge is 0.312 e. The summed E-state index contributed by atoms with van der Waals surface area (Å²) in [5, 5.41) is 0. The summed E-state index contributed by atoms with van der Waals surface area (Å²) in [5.74, 6) is 0.260. The van der Waals surface area contributed by atoms with E-state index in [0.717, 1.165) is 43.6 Å². The number of carbonyl (C=O) groups excluding carboxylic acids is 1. The molecule has 8 heteroatoms. The van der Waals surface area contributed by atoms with Crippen LogP contribution in [0.4, 0.5) is 5.69 Å². The SMILES string of the molecule is C[C@H]1CCCCN1CCNS(=O)(=O)c1cc2c(cc1Br)CCN2C(=O)C1CC1. The van der Waals surface area contributed by atoms with E-state index in [1.165, 1.54) is 19.3 Å². The fourth-order valence-electron chi connectivity index (χ4n) is 4.26. The molecule has 0 radical (unpaired) electrons. The average molecular weight is 470 g/mol. The zero-order valence-electron chi connectivity index (χ0n) is 16.3. The van der Waals surface area contributed by atoms with E-state index in [2.05, 4.69) is 32.5 Å². The quantitative estimate of drug-likeness (QED) is 0.695. The Morgan fingerprint density at radius 2 is 2.00 bits per heavy atom. The number of fused-ring (bicyclic) bond motifs is 1. The number of rotatable bonds is 6. The van der Waals surface area contributed by atoms with Crippen LogP contribution < -0.4 is 9.62 Å². The van der Waals surface area contributed by atoms with Crippen molar-refractivity contribution in [1.29, 1.82) is 0 Å². The number of amides is 1. The lowest BCUT2D eigenvalue weighted by atomic mass is 10.0. The van der Waals surface area contributed by atoms with Crippen LogP contribution in [0.2, 0.25) is 0 Å². The van der Waals surface area contributed by atoms with Crippen molar-refractivity contribution >= 4 is 37.5 Å². The fraction of sp³-hybridized carbons (Fsp3) is 0.650. The summed E-state index contributed by atoms with van der Waals surface area (Å²) in [6.07, 6.45) is 6.27. The normalized spacial score (nSPS) is 23.1. The monoisotopic (exact) mass is 469 g/mol. The molecular weight excluding hydrogens is 442 g/mol. The second kappa shape index (κ2) is 8.05. The van der Waals surface area contributed by atoms with Crippen LogP contribution in [-0.4, -0.2) is 51.4 Å². The van der Waals surface area contributed by atoms with Gasteiger partial charge in [0.15, 0.2) is 0 Å². The third-order valence-electron chi connectivity index (χ3n) is 6.14. The van der Waals surface area contributed by atoms with Crippen molar-refractivity contribution in [2.45, 2.75) is 56.4 Å². The van der Waals surface area contributed by atoms with Crippen LogP contribution in [0, 0.1) is 5.92 Å². The first kappa shape index (κ1) is 20.3. The third-order valence-corrected chi connectivity index (χ3v) is 8.56. The van der Waals surface area contributed by atoms with E-state index in [9.17, 15) is 13.2 Å². The maximum absolute atomic E-state index is 12.9. The lowest BCUT2D eigenvalue weighted by Gasteiger charge is -2.33. The van der Waals surface area contributed by atoms with Crippen molar-refractivity contribution in [3.63, 3.8) is 0 Å². The predicted octanol–water partition coefficient (Wildman–Crippen LogP) is 2.90. The number of halogens is 1. The van der Waals surface area contributed by atoms with Gasteiger partial charge >= 0.3 is 0 Å². The molecule has 4 rings (SSSR count). The van der Waals surface area contributed by atoms with Crippen molar-refractivity contribution in [2.24, 2.45) is 5.92 Å². The number of nitrogens with zero attached hydrogens (tertiary/aromatic N) is 2. The van der Waals surface area contributed by atoms with Crippen LogP contribution in [0.15, 0.2) is 21.5 Å². The Labute approximate surface area is 175 Å². The molecule has 6 nitrogen and oxygen atoms in total. The molecule has 1 atom stereocenters. The van der Waals surface area contributed by atoms with E-state index in [-0.39, 0.29) is 16.7 Å². The smallest absolute Gasteiger partial charge is 0.241 e. The van der Waals surface area contributed by atoms with Gasteiger partial charge in [0.2, 0.25) is 15.9 Å². The van der Waals surface area contributed by atoms with Gasteiger partial charge in [-0.2, -0.15) is 0 Å². The van der Waals surface area contributed by atoms with Crippen LogP contribution in [0.1, 0.15) is 44.6 Å². The van der Waals surface area contributed by atoms with Gasteiger partial charge in [0, 0.05) is 41.8 Å². The standard InChI is InChI=1S/C20H28BrN3O3S/c1-14-4-2-3-9-23(14)11-8-22-28(26,27)19-13-18-16(12-17(19)21)7-10-24(18)20(25)15-5-6-15/h12-15,22H,2-11H2,1H3/t14-/m0/s1. The van der Waals surface area contributed by atoms with Crippen LogP contribution in [0.25, 0.3) is 0 Å². The van der Waals surface area contributed by atoms with E-state index in [1.807, 2.05) is 6.07 Å². The molecule has 0 aromatic heterocycles. The first-order valence-electron chi connectivity index (χ1n) is 10.2. The Bertz CT molecular complexity index is 870. The highest BCUT2D eigenvalue weighted by Crippen LogP contribution is 2.39. The second-order valence-corrected chi connectivity index (χ2v) is 10.8. The highest BCUT2D eigenvalue weighted by Gasteiger charge is 2.37. The summed E-state index contributed by atoms with van der Waals surface area (Å²) in [4.78, 5) is 16.9. The lowest BCUT2D eigenvalue weighted by molar-refractivity contribution is -0.119. The molecule has 1 saturated heterocycles. The summed E-state index contributed by atoms with van der Waals surface area (Å²) in [6.45, 7) is 4.98. The molecule has 0 spiro atoms. The number of nitrogens with one attached hydrogen (secondary N) is 1. The van der Waals surface area contributed by atoms with Gasteiger partial charge < -0.3 is 4.90 Å². The first-order valence-corrected chi connectivity index (χ1v) is 12.5. The molecule has 1 aromatic carbocycles. The van der Waals surface area contributed by atoms with Crippen molar-refractivity contribution in [1.82, 2.24) is 9.62 Å². The Hall–Kier alpha value is -0.960. The van der Waals surface area contributed by atoms with Gasteiger partial charge in [0.25, 0.3) is 0 Å². The molecule has 1 N–H and O–H groups in total. The summed E-state index contributed by atoms with van der Waals surface area (Å²) in [7, 11) is -3.65. The molecule has 2 heterocycles. The minimum Gasteiger partial charge on any atom is -0.312 e. The topological polar surface area (TPSA) is 69.7 Å². The Balaban J connectivity index is 1.48. The average Bonchev–Trinajstić information content (AvgIpc) is 3.42. The Kier molecular flexibility index (Phi) is 5.84. The van der Waals surface area contributed by atoms with Gasteiger partial charge in [-0.15, -0.1) is 0 Å². The molecule has 1 aliphatic carbocycles. The summed E-state index contributed by atoms with van der Waals surface area (Å²) >= 11 is 3.43. The first-order chi connectivity index (χ1) is 13.4. The molecule has 1 aromatic rings. The van der Waals surface area contributed by atoms with Gasteiger partial charge in [0.1, 0.15) is 0 Å². The second-order valence-electron chi connectivity index (χ2n) is 8.20. The molecule has 2 fully saturated rings. The number of piperidine rings is 1. The minimum absolute atomic E-state index is 0.124. The van der Waals surface area contributed by atoms with Gasteiger partial charge in [-0.3, -0.25) is 9.69 Å². The zero-order valence-corrected chi connectivity index (χ0v) is 18.7. The number of hydrogen-bond acceptors (Lipinski definition) is 4. The van der Waals surface area contributed by atoms with E-state index in [0.29, 0.717) is 23.6 Å². The highest BCUT2D eigenvalue weighted by atomic mass is 79.9. The number of hydrogen-bond donors (Lipinski definition) is 1. The van der Waals surface area contributed by atoms with Gasteiger partial charge in [-0.05, 0) is 79.2 Å².